The van der Waals surface area contributed by atoms with Crippen LogP contribution in [0.1, 0.15) is 0 Å². The topological polar surface area (TPSA) is 0 Å². The molecule has 0 aliphatic heterocycles. The van der Waals surface area contributed by atoms with Crippen molar-refractivity contribution in [2.75, 3.05) is 0 Å². The Labute approximate surface area is 173 Å². The van der Waals surface area contributed by atoms with Crippen LogP contribution >= 0.6 is 7.92 Å². The van der Waals surface area contributed by atoms with Crippen LogP contribution in [0.4, 0.5) is 0 Å². The normalized spacial score (nSPS) is 9.58. The molecule has 4 aromatic carbocycles. The van der Waals surface area contributed by atoms with Gasteiger partial charge in [0.1, 0.15) is 15.9 Å². The van der Waals surface area contributed by atoms with E-state index in [2.05, 4.69) is 97.1 Å². The summed E-state index contributed by atoms with van der Waals surface area (Å²) in [6.07, 6.45) is 0. The second kappa shape index (κ2) is 11.6. The Hall–Kier alpha value is -1.95. The van der Waals surface area contributed by atoms with Crippen LogP contribution in [0.25, 0.3) is 0 Å². The van der Waals surface area contributed by atoms with E-state index in [1.165, 1.54) is 15.9 Å². The minimum atomic E-state index is -0.877. The maximum Gasteiger partial charge on any atom is 1.00 e. The molecule has 0 aliphatic carbocycles. The largest absolute Gasteiger partial charge is 1.00 e. The van der Waals surface area contributed by atoms with Crippen molar-refractivity contribution >= 4 is 23.8 Å². The molecular weight excluding hydrogens is 516 g/mol. The zero-order valence-corrected chi connectivity index (χ0v) is 17.5. The summed E-state index contributed by atoms with van der Waals surface area (Å²) in [7, 11) is -0.877. The summed E-state index contributed by atoms with van der Waals surface area (Å²) in [6, 6.07) is 45.0. The van der Waals surface area contributed by atoms with Gasteiger partial charge in [-0.15, -0.1) is 0 Å². The Balaban J connectivity index is 0.000000297. The third-order valence-electron chi connectivity index (χ3n) is 3.79. The Morgan fingerprint density at radius 3 is 0.962 bits per heavy atom. The molecule has 4 aromatic rings. The molecule has 26 heavy (non-hydrogen) atoms. The first-order valence-corrected chi connectivity index (χ1v) is 9.89. The number of hydrogen-bond donors (Lipinski definition) is 0. The zero-order chi connectivity index (χ0) is 17.2. The Kier molecular flexibility index (Phi) is 9.10. The summed E-state index contributed by atoms with van der Waals surface area (Å²) >= 11 is 0. The van der Waals surface area contributed by atoms with E-state index < -0.39 is 7.92 Å². The number of benzene rings is 4. The van der Waals surface area contributed by atoms with Gasteiger partial charge >= 0.3 is 22.4 Å². The number of hydrogen-bond acceptors (Lipinski definition) is 0. The van der Waals surface area contributed by atoms with Gasteiger partial charge in [0.05, 0.1) is 7.92 Å². The van der Waals surface area contributed by atoms with Gasteiger partial charge in [-0.3, -0.25) is 0 Å². The van der Waals surface area contributed by atoms with Gasteiger partial charge in [-0.25, -0.2) is 0 Å². The summed E-state index contributed by atoms with van der Waals surface area (Å²) in [6.45, 7) is 0. The van der Waals surface area contributed by atoms with Crippen LogP contribution in [0.15, 0.2) is 121 Å². The Morgan fingerprint density at radius 2 is 0.731 bits per heavy atom. The third kappa shape index (κ3) is 6.09. The Morgan fingerprint density at radius 1 is 0.423 bits per heavy atom. The maximum absolute atomic E-state index is 2.89. The summed E-state index contributed by atoms with van der Waals surface area (Å²) in [5.74, 6) is 0. The summed E-state index contributed by atoms with van der Waals surface area (Å²) in [4.78, 5) is 0. The van der Waals surface area contributed by atoms with Gasteiger partial charge in [0.15, 0.2) is 0 Å². The summed E-state index contributed by atoms with van der Waals surface area (Å²) < 4.78 is 0. The molecule has 0 fully saturated rings. The van der Waals surface area contributed by atoms with Crippen LogP contribution < -0.4 is 15.9 Å². The van der Waals surface area contributed by atoms with Gasteiger partial charge in [-0.05, 0) is 36.4 Å². The van der Waals surface area contributed by atoms with Crippen LogP contribution in [-0.2, 0) is 22.4 Å². The molecule has 0 radical (unpaired) electrons. The van der Waals surface area contributed by atoms with Crippen LogP contribution in [0.3, 0.4) is 0 Å². The van der Waals surface area contributed by atoms with Crippen molar-refractivity contribution in [1.29, 1.82) is 0 Å². The molecule has 0 N–H and O–H groups in total. The Bertz CT molecular complexity index is 713. The first-order chi connectivity index (χ1) is 12.4. The second-order valence-corrected chi connectivity index (χ2v) is 8.03. The van der Waals surface area contributed by atoms with Crippen molar-refractivity contribution in [3.8, 4) is 0 Å². The molecular formula is C24H21AuP+. The van der Waals surface area contributed by atoms with Crippen LogP contribution in [0.5, 0.6) is 0 Å². The van der Waals surface area contributed by atoms with E-state index in [0.717, 1.165) is 0 Å². The minimum Gasteiger partial charge on any atom is -0.184 e. The van der Waals surface area contributed by atoms with Crippen LogP contribution in [-0.4, -0.2) is 0 Å². The molecule has 0 heterocycles. The monoisotopic (exact) mass is 537 g/mol. The smallest absolute Gasteiger partial charge is 0.184 e. The van der Waals surface area contributed by atoms with Crippen molar-refractivity contribution in [3.05, 3.63) is 127 Å². The second-order valence-electron chi connectivity index (χ2n) is 5.55. The van der Waals surface area contributed by atoms with Gasteiger partial charge in [-0.1, -0.05) is 54.6 Å². The van der Waals surface area contributed by atoms with E-state index >= 15 is 0 Å². The van der Waals surface area contributed by atoms with Gasteiger partial charge < -0.3 is 0 Å². The fourth-order valence-corrected chi connectivity index (χ4v) is 5.23. The fraction of sp³-hybridized carbons (Fsp3) is 0. The molecule has 132 valence electrons. The standard InChI is InChI=1S/C18H15P.C6H5.Au/c1-4-10-16(11-5-1)19(17-12-6-2-7-13-17)18-14-8-3-9-15-18;1-2-4-6-5-3-1;/h1-15H;1-5H;/q;-1;+1/p+1. The first-order valence-electron chi connectivity index (χ1n) is 8.39. The van der Waals surface area contributed by atoms with Crippen LogP contribution in [0.2, 0.25) is 0 Å². The predicted octanol–water partition coefficient (Wildman–Crippen LogP) is 4.66. The SMILES string of the molecule is [Au+].[c-]1ccccc1.c1ccc([PH+](c2ccccc2)c2ccccc2)cc1. The average Bonchev–Trinajstić information content (AvgIpc) is 2.72. The molecule has 0 aromatic heterocycles. The minimum absolute atomic E-state index is 0. The van der Waals surface area contributed by atoms with Gasteiger partial charge in [-0.2, -0.15) is 36.4 Å². The zero-order valence-electron chi connectivity index (χ0n) is 14.3. The van der Waals surface area contributed by atoms with Crippen molar-refractivity contribution < 1.29 is 22.4 Å². The van der Waals surface area contributed by atoms with Gasteiger partial charge in [0.2, 0.25) is 0 Å². The quantitative estimate of drug-likeness (QED) is 0.203. The van der Waals surface area contributed by atoms with Crippen molar-refractivity contribution in [1.82, 2.24) is 0 Å². The molecule has 4 rings (SSSR count). The van der Waals surface area contributed by atoms with E-state index in [9.17, 15) is 0 Å². The van der Waals surface area contributed by atoms with Crippen LogP contribution in [0, 0.1) is 6.07 Å². The van der Waals surface area contributed by atoms with E-state index in [1.807, 2.05) is 30.3 Å². The number of rotatable bonds is 3. The fourth-order valence-electron chi connectivity index (χ4n) is 2.66. The molecule has 0 amide bonds. The molecule has 0 atom stereocenters. The van der Waals surface area contributed by atoms with Crippen molar-refractivity contribution in [2.24, 2.45) is 0 Å². The molecule has 0 bridgehead atoms. The summed E-state index contributed by atoms with van der Waals surface area (Å²) in [5, 5.41) is 4.31. The molecule has 0 spiro atoms. The maximum atomic E-state index is 2.89. The van der Waals surface area contributed by atoms with Gasteiger partial charge in [0.25, 0.3) is 0 Å². The molecule has 0 saturated heterocycles. The third-order valence-corrected chi connectivity index (χ3v) is 6.53. The van der Waals surface area contributed by atoms with Crippen molar-refractivity contribution in [2.45, 2.75) is 0 Å². The summed E-state index contributed by atoms with van der Waals surface area (Å²) in [5.41, 5.74) is 0. The molecule has 2 heteroatoms. The van der Waals surface area contributed by atoms with Gasteiger partial charge in [0, 0.05) is 0 Å². The van der Waals surface area contributed by atoms with E-state index in [1.54, 1.807) is 0 Å². The molecule has 0 unspecified atom stereocenters. The first kappa shape index (κ1) is 20.4. The van der Waals surface area contributed by atoms with E-state index in [-0.39, 0.29) is 22.4 Å². The average molecular weight is 537 g/mol. The molecule has 0 saturated carbocycles. The van der Waals surface area contributed by atoms with Crippen molar-refractivity contribution in [3.63, 3.8) is 0 Å². The van der Waals surface area contributed by atoms with E-state index in [4.69, 9.17) is 0 Å². The van der Waals surface area contributed by atoms with E-state index in [0.29, 0.717) is 0 Å². The molecule has 0 aliphatic rings. The predicted molar refractivity (Wildman–Crippen MR) is 112 cm³/mol. The molecule has 0 nitrogen and oxygen atoms in total.